The SMILES string of the molecule is COCCC(c1cnn2cc([C@@H](NC(=O)c3nonc3C)C3CCC(F)(F)CC3)nc2c1)N1C[C@@H](C(F)(F)F)NC1=O. The minimum atomic E-state index is -4.61. The number of aromatic nitrogens is 5. The molecule has 0 spiro atoms. The monoisotopic (exact) mass is 600 g/mol. The Kier molecular flexibility index (Phi) is 8.04. The number of hydrogen-bond acceptors (Lipinski definition) is 8. The van der Waals surface area contributed by atoms with Gasteiger partial charge in [0.1, 0.15) is 11.7 Å². The molecule has 0 bridgehead atoms. The van der Waals surface area contributed by atoms with E-state index in [9.17, 15) is 31.5 Å². The number of nitrogens with one attached hydrogen (secondary N) is 2. The van der Waals surface area contributed by atoms with Gasteiger partial charge in [0.15, 0.2) is 11.3 Å². The summed E-state index contributed by atoms with van der Waals surface area (Å²) in [7, 11) is 1.44. The predicted octanol–water partition coefficient (Wildman–Crippen LogP) is 3.75. The van der Waals surface area contributed by atoms with E-state index in [2.05, 4.69) is 30.3 Å². The van der Waals surface area contributed by atoms with Crippen LogP contribution in [0, 0.1) is 12.8 Å². The van der Waals surface area contributed by atoms with E-state index in [1.165, 1.54) is 24.7 Å². The number of imidazole rings is 1. The van der Waals surface area contributed by atoms with E-state index < -0.39 is 48.7 Å². The molecule has 1 aliphatic heterocycles. The molecule has 1 unspecified atom stereocenters. The summed E-state index contributed by atoms with van der Waals surface area (Å²) in [6.07, 6.45) is -1.87. The third kappa shape index (κ3) is 6.15. The van der Waals surface area contributed by atoms with Crippen LogP contribution >= 0.6 is 0 Å². The summed E-state index contributed by atoms with van der Waals surface area (Å²) in [5.41, 5.74) is 1.27. The molecule has 1 saturated carbocycles. The number of halogens is 5. The number of carbonyl (C=O) groups is 2. The molecule has 2 aliphatic rings. The second-order valence-corrected chi connectivity index (χ2v) is 10.6. The first-order valence-electron chi connectivity index (χ1n) is 13.3. The van der Waals surface area contributed by atoms with Crippen LogP contribution in [0.5, 0.6) is 0 Å². The van der Waals surface area contributed by atoms with Gasteiger partial charge in [-0.15, -0.1) is 0 Å². The van der Waals surface area contributed by atoms with Crippen LogP contribution in [0.2, 0.25) is 0 Å². The van der Waals surface area contributed by atoms with E-state index in [0.717, 1.165) is 4.90 Å². The van der Waals surface area contributed by atoms with Crippen molar-refractivity contribution in [1.29, 1.82) is 0 Å². The average Bonchev–Trinajstić information content (AvgIpc) is 3.65. The average molecular weight is 601 g/mol. The zero-order valence-electron chi connectivity index (χ0n) is 22.7. The highest BCUT2D eigenvalue weighted by molar-refractivity contribution is 5.93. The van der Waals surface area contributed by atoms with Crippen molar-refractivity contribution in [3.05, 3.63) is 41.1 Å². The van der Waals surface area contributed by atoms with Crippen LogP contribution in [-0.2, 0) is 4.74 Å². The van der Waals surface area contributed by atoms with Gasteiger partial charge in [0.05, 0.1) is 36.7 Å². The Morgan fingerprint density at radius 2 is 2.02 bits per heavy atom. The van der Waals surface area contributed by atoms with Crippen LogP contribution in [0.4, 0.5) is 26.7 Å². The van der Waals surface area contributed by atoms with Crippen LogP contribution in [0.25, 0.3) is 5.65 Å². The van der Waals surface area contributed by atoms with Crippen molar-refractivity contribution in [3.8, 4) is 0 Å². The van der Waals surface area contributed by atoms with E-state index in [1.807, 2.05) is 5.32 Å². The Morgan fingerprint density at radius 1 is 1.29 bits per heavy atom. The van der Waals surface area contributed by atoms with Gasteiger partial charge in [-0.3, -0.25) is 4.79 Å². The zero-order valence-corrected chi connectivity index (χ0v) is 22.7. The number of alkyl halides is 5. The zero-order chi connectivity index (χ0) is 30.2. The minimum Gasteiger partial charge on any atom is -0.385 e. The molecule has 228 valence electrons. The first-order chi connectivity index (χ1) is 19.9. The largest absolute Gasteiger partial charge is 0.410 e. The molecule has 4 heterocycles. The van der Waals surface area contributed by atoms with Gasteiger partial charge in [0.2, 0.25) is 5.92 Å². The van der Waals surface area contributed by atoms with E-state index in [1.54, 1.807) is 12.3 Å². The lowest BCUT2D eigenvalue weighted by Crippen LogP contribution is -2.40. The van der Waals surface area contributed by atoms with E-state index in [-0.39, 0.29) is 61.7 Å². The molecule has 3 aromatic heterocycles. The number of fused-ring (bicyclic) bond motifs is 1. The van der Waals surface area contributed by atoms with Crippen molar-refractivity contribution in [2.24, 2.45) is 5.92 Å². The second kappa shape index (κ2) is 11.4. The van der Waals surface area contributed by atoms with E-state index in [0.29, 0.717) is 11.3 Å². The van der Waals surface area contributed by atoms with Gasteiger partial charge in [0, 0.05) is 26.6 Å². The number of urea groups is 1. The highest BCUT2D eigenvalue weighted by Gasteiger charge is 2.48. The number of carbonyl (C=O) groups excluding carboxylic acids is 2. The summed E-state index contributed by atoms with van der Waals surface area (Å²) < 4.78 is 79.1. The number of ether oxygens (including phenoxy) is 1. The van der Waals surface area contributed by atoms with Crippen molar-refractivity contribution in [2.45, 2.75) is 69.3 Å². The highest BCUT2D eigenvalue weighted by atomic mass is 19.4. The van der Waals surface area contributed by atoms with Crippen molar-refractivity contribution in [2.75, 3.05) is 20.3 Å². The van der Waals surface area contributed by atoms with Gasteiger partial charge in [0.25, 0.3) is 5.91 Å². The van der Waals surface area contributed by atoms with Crippen molar-refractivity contribution >= 4 is 17.6 Å². The topological polar surface area (TPSA) is 140 Å². The molecule has 0 aromatic carbocycles. The normalized spacial score (nSPS) is 21.0. The fourth-order valence-electron chi connectivity index (χ4n) is 5.46. The predicted molar refractivity (Wildman–Crippen MR) is 133 cm³/mol. The van der Waals surface area contributed by atoms with Crippen LogP contribution < -0.4 is 10.6 Å². The molecular formula is C25H29F5N8O4. The third-order valence-corrected chi connectivity index (χ3v) is 7.76. The van der Waals surface area contributed by atoms with Crippen LogP contribution in [0.15, 0.2) is 23.1 Å². The Labute approximate surface area is 235 Å². The maximum atomic E-state index is 14.0. The van der Waals surface area contributed by atoms with Crippen LogP contribution in [0.3, 0.4) is 0 Å². The number of aryl methyl sites for hydroxylation is 1. The van der Waals surface area contributed by atoms with Gasteiger partial charge < -0.3 is 20.3 Å². The molecule has 17 heteroatoms. The van der Waals surface area contributed by atoms with Crippen molar-refractivity contribution < 1.29 is 40.9 Å². The van der Waals surface area contributed by atoms with Gasteiger partial charge in [-0.25, -0.2) is 27.7 Å². The summed E-state index contributed by atoms with van der Waals surface area (Å²) in [5, 5.41) is 16.4. The standard InChI is InChI=1S/C25H29F5N8O4/c1-13-20(36-42-35-13)22(39)34-21(14-3-6-24(26,27)7-4-14)16-11-38-19(32-16)9-15(10-31-38)17(5-8-41-2)37-12-18(25(28,29)30)33-23(37)40/h9-11,14,17-18,21H,3-8,12H2,1-2H3,(H,33,40)(H,34,39)/t17?,18-,21-/m0/s1. The van der Waals surface area contributed by atoms with Gasteiger partial charge in [-0.1, -0.05) is 5.16 Å². The van der Waals surface area contributed by atoms with Crippen molar-refractivity contribution in [1.82, 2.24) is 40.4 Å². The first-order valence-corrected chi connectivity index (χ1v) is 13.3. The number of amides is 3. The molecule has 3 atom stereocenters. The first kappa shape index (κ1) is 29.6. The Morgan fingerprint density at radius 3 is 2.64 bits per heavy atom. The fraction of sp³-hybridized carbons (Fsp3) is 0.600. The molecule has 1 aliphatic carbocycles. The summed E-state index contributed by atoms with van der Waals surface area (Å²) in [5.74, 6) is -3.78. The number of nitrogens with zero attached hydrogens (tertiary/aromatic N) is 6. The van der Waals surface area contributed by atoms with E-state index in [4.69, 9.17) is 4.74 Å². The van der Waals surface area contributed by atoms with Gasteiger partial charge in [-0.05, 0) is 48.9 Å². The molecule has 2 N–H and O–H groups in total. The molecule has 0 radical (unpaired) electrons. The molecule has 3 amide bonds. The van der Waals surface area contributed by atoms with Crippen LogP contribution in [-0.4, -0.2) is 80.2 Å². The third-order valence-electron chi connectivity index (χ3n) is 7.76. The molecule has 3 aromatic rings. The highest BCUT2D eigenvalue weighted by Crippen LogP contribution is 2.41. The number of methoxy groups -OCH3 is 1. The molecule has 1 saturated heterocycles. The lowest BCUT2D eigenvalue weighted by Gasteiger charge is -2.33. The van der Waals surface area contributed by atoms with Crippen LogP contribution in [0.1, 0.15) is 71.6 Å². The molecular weight excluding hydrogens is 571 g/mol. The maximum absolute atomic E-state index is 14.0. The summed E-state index contributed by atoms with van der Waals surface area (Å²) in [6.45, 7) is 1.11. The smallest absolute Gasteiger partial charge is 0.385 e. The number of hydrogen-bond donors (Lipinski definition) is 2. The minimum absolute atomic E-state index is 0.0487. The molecule has 42 heavy (non-hydrogen) atoms. The molecule has 5 rings (SSSR count). The number of rotatable bonds is 9. The fourth-order valence-corrected chi connectivity index (χ4v) is 5.46. The summed E-state index contributed by atoms with van der Waals surface area (Å²) >= 11 is 0. The Balaban J connectivity index is 1.45. The van der Waals surface area contributed by atoms with Gasteiger partial charge in [-0.2, -0.15) is 18.3 Å². The Hall–Kier alpha value is -3.89. The summed E-state index contributed by atoms with van der Waals surface area (Å²) in [4.78, 5) is 31.2. The maximum Gasteiger partial charge on any atom is 0.410 e. The summed E-state index contributed by atoms with van der Waals surface area (Å²) in [6, 6.07) is -2.87. The Bertz CT molecular complexity index is 1430. The van der Waals surface area contributed by atoms with Gasteiger partial charge >= 0.3 is 12.2 Å². The lowest BCUT2D eigenvalue weighted by atomic mass is 9.81. The lowest BCUT2D eigenvalue weighted by molar-refractivity contribution is -0.150. The van der Waals surface area contributed by atoms with Crippen molar-refractivity contribution in [3.63, 3.8) is 0 Å². The quantitative estimate of drug-likeness (QED) is 0.354. The molecule has 12 nitrogen and oxygen atoms in total. The molecule has 2 fully saturated rings. The second-order valence-electron chi connectivity index (χ2n) is 10.6. The van der Waals surface area contributed by atoms with E-state index >= 15 is 0 Å².